The molecule has 5 heteroatoms. The van der Waals surface area contributed by atoms with Crippen molar-refractivity contribution in [1.82, 2.24) is 9.47 Å². The number of hydrogen-bond acceptors (Lipinski definition) is 4. The molecule has 1 aliphatic heterocycles. The van der Waals surface area contributed by atoms with Gasteiger partial charge in [0.15, 0.2) is 5.78 Å². The molecule has 0 bridgehead atoms. The lowest BCUT2D eigenvalue weighted by atomic mass is 9.95. The van der Waals surface area contributed by atoms with Crippen LogP contribution in [0, 0.1) is 13.8 Å². The average Bonchev–Trinajstić information content (AvgIpc) is 3.13. The van der Waals surface area contributed by atoms with Crippen LogP contribution < -0.4 is 4.74 Å². The van der Waals surface area contributed by atoms with E-state index in [1.165, 1.54) is 5.39 Å². The largest absolute Gasteiger partial charge is 0.497 e. The van der Waals surface area contributed by atoms with Crippen molar-refractivity contribution >= 4 is 27.5 Å². The number of benzene rings is 3. The Bertz CT molecular complexity index is 1330. The fourth-order valence-corrected chi connectivity index (χ4v) is 5.00. The molecule has 1 aliphatic rings. The standard InChI is InChI=1S/C28H30N2O3/c1-19-16-22(17-21-6-4-5-7-24(19)21)28(31)27-20(2)30(11-10-29-12-14-33-15-13-29)26-18-23(32-3)8-9-25(26)27/h4-9,16-18H,10-15H2,1-3H3. The van der Waals surface area contributed by atoms with Gasteiger partial charge in [-0.3, -0.25) is 9.69 Å². The van der Waals surface area contributed by atoms with E-state index >= 15 is 0 Å². The average molecular weight is 443 g/mol. The van der Waals surface area contributed by atoms with Crippen molar-refractivity contribution in [3.8, 4) is 5.75 Å². The van der Waals surface area contributed by atoms with Crippen molar-refractivity contribution in [3.63, 3.8) is 0 Å². The molecule has 1 saturated heterocycles. The third kappa shape index (κ3) is 4.03. The topological polar surface area (TPSA) is 43.7 Å². The lowest BCUT2D eigenvalue weighted by Crippen LogP contribution is -2.38. The van der Waals surface area contributed by atoms with Gasteiger partial charge in [-0.2, -0.15) is 0 Å². The molecule has 0 atom stereocenters. The monoisotopic (exact) mass is 442 g/mol. The summed E-state index contributed by atoms with van der Waals surface area (Å²) in [4.78, 5) is 16.3. The second kappa shape index (κ2) is 9.00. The number of hydrogen-bond donors (Lipinski definition) is 0. The van der Waals surface area contributed by atoms with Crippen LogP contribution in [0.2, 0.25) is 0 Å². The van der Waals surface area contributed by atoms with E-state index in [1.807, 2.05) is 42.5 Å². The van der Waals surface area contributed by atoms with Gasteiger partial charge in [0.25, 0.3) is 0 Å². The van der Waals surface area contributed by atoms with Gasteiger partial charge in [0.2, 0.25) is 0 Å². The van der Waals surface area contributed by atoms with E-state index in [1.54, 1.807) is 7.11 Å². The summed E-state index contributed by atoms with van der Waals surface area (Å²) in [6, 6.07) is 18.3. The van der Waals surface area contributed by atoms with Crippen molar-refractivity contribution in [2.45, 2.75) is 20.4 Å². The number of ketones is 1. The lowest BCUT2D eigenvalue weighted by molar-refractivity contribution is 0.0365. The fraction of sp³-hybridized carbons (Fsp3) is 0.321. The fourth-order valence-electron chi connectivity index (χ4n) is 5.00. The highest BCUT2D eigenvalue weighted by Crippen LogP contribution is 2.32. The predicted octanol–water partition coefficient (Wildman–Crippen LogP) is 4.98. The summed E-state index contributed by atoms with van der Waals surface area (Å²) < 4.78 is 13.3. The minimum absolute atomic E-state index is 0.0710. The van der Waals surface area contributed by atoms with E-state index in [9.17, 15) is 4.79 Å². The molecule has 0 amide bonds. The number of nitrogens with zero attached hydrogens (tertiary/aromatic N) is 2. The Morgan fingerprint density at radius 1 is 0.970 bits per heavy atom. The van der Waals surface area contributed by atoms with E-state index in [-0.39, 0.29) is 5.78 Å². The van der Waals surface area contributed by atoms with Crippen LogP contribution >= 0.6 is 0 Å². The SMILES string of the molecule is COc1ccc2c(C(=O)c3cc(C)c4ccccc4c3)c(C)n(CCN3CCOCC3)c2c1. The molecule has 0 aliphatic carbocycles. The normalized spacial score (nSPS) is 14.8. The Morgan fingerprint density at radius 3 is 2.55 bits per heavy atom. The van der Waals surface area contributed by atoms with E-state index in [0.29, 0.717) is 0 Å². The molecular formula is C28H30N2O3. The molecule has 5 nitrogen and oxygen atoms in total. The van der Waals surface area contributed by atoms with Gasteiger partial charge in [0.05, 0.1) is 31.4 Å². The molecule has 1 fully saturated rings. The van der Waals surface area contributed by atoms with E-state index in [4.69, 9.17) is 9.47 Å². The summed E-state index contributed by atoms with van der Waals surface area (Å²) in [6.45, 7) is 9.34. The highest BCUT2D eigenvalue weighted by atomic mass is 16.5. The van der Waals surface area contributed by atoms with Gasteiger partial charge in [-0.1, -0.05) is 24.3 Å². The van der Waals surface area contributed by atoms with Gasteiger partial charge in [0.1, 0.15) is 5.75 Å². The Kier molecular flexibility index (Phi) is 5.92. The summed E-state index contributed by atoms with van der Waals surface area (Å²) in [7, 11) is 1.68. The number of carbonyl (C=O) groups is 1. The molecule has 3 aromatic carbocycles. The molecule has 4 aromatic rings. The minimum Gasteiger partial charge on any atom is -0.497 e. The van der Waals surface area contributed by atoms with E-state index in [0.717, 1.165) is 83.8 Å². The van der Waals surface area contributed by atoms with Crippen molar-refractivity contribution in [3.05, 3.63) is 77.0 Å². The molecule has 33 heavy (non-hydrogen) atoms. The second-order valence-corrected chi connectivity index (χ2v) is 8.79. The van der Waals surface area contributed by atoms with Gasteiger partial charge in [-0.05, 0) is 54.4 Å². The van der Waals surface area contributed by atoms with Crippen LogP contribution in [0.15, 0.2) is 54.6 Å². The number of aryl methyl sites for hydroxylation is 1. The van der Waals surface area contributed by atoms with Gasteiger partial charge < -0.3 is 14.0 Å². The summed E-state index contributed by atoms with van der Waals surface area (Å²) in [6.07, 6.45) is 0. The van der Waals surface area contributed by atoms with Gasteiger partial charge in [-0.15, -0.1) is 0 Å². The van der Waals surface area contributed by atoms with E-state index < -0.39 is 0 Å². The summed E-state index contributed by atoms with van der Waals surface area (Å²) in [5, 5.41) is 3.26. The van der Waals surface area contributed by atoms with Crippen molar-refractivity contribution in [1.29, 1.82) is 0 Å². The quantitative estimate of drug-likeness (QED) is 0.395. The van der Waals surface area contributed by atoms with Gasteiger partial charge in [0, 0.05) is 48.9 Å². The van der Waals surface area contributed by atoms with Crippen LogP contribution in [0.3, 0.4) is 0 Å². The summed E-state index contributed by atoms with van der Waals surface area (Å²) in [5.74, 6) is 0.870. The van der Waals surface area contributed by atoms with Crippen LogP contribution in [0.4, 0.5) is 0 Å². The number of ether oxygens (including phenoxy) is 2. The zero-order chi connectivity index (χ0) is 22.9. The number of fused-ring (bicyclic) bond motifs is 2. The van der Waals surface area contributed by atoms with Gasteiger partial charge in [-0.25, -0.2) is 0 Å². The maximum Gasteiger partial charge on any atom is 0.195 e. The van der Waals surface area contributed by atoms with Gasteiger partial charge >= 0.3 is 0 Å². The molecule has 0 spiro atoms. The zero-order valence-corrected chi connectivity index (χ0v) is 19.6. The predicted molar refractivity (Wildman–Crippen MR) is 133 cm³/mol. The lowest BCUT2D eigenvalue weighted by Gasteiger charge is -2.27. The number of methoxy groups -OCH3 is 1. The molecule has 0 unspecified atom stereocenters. The maximum absolute atomic E-state index is 13.9. The first-order valence-electron chi connectivity index (χ1n) is 11.6. The third-order valence-electron chi connectivity index (χ3n) is 6.83. The Morgan fingerprint density at radius 2 is 1.76 bits per heavy atom. The first-order chi connectivity index (χ1) is 16.1. The Hall–Kier alpha value is -3.15. The Labute approximate surface area is 194 Å². The van der Waals surface area contributed by atoms with E-state index in [2.05, 4.69) is 35.4 Å². The smallest absolute Gasteiger partial charge is 0.195 e. The van der Waals surface area contributed by atoms with Crippen LogP contribution in [-0.2, 0) is 11.3 Å². The molecule has 0 N–H and O–H groups in total. The van der Waals surface area contributed by atoms with Crippen LogP contribution in [-0.4, -0.2) is 55.2 Å². The highest BCUT2D eigenvalue weighted by molar-refractivity contribution is 6.18. The third-order valence-corrected chi connectivity index (χ3v) is 6.83. The van der Waals surface area contributed by atoms with Crippen LogP contribution in [0.5, 0.6) is 5.75 Å². The van der Waals surface area contributed by atoms with Crippen molar-refractivity contribution in [2.24, 2.45) is 0 Å². The number of rotatable bonds is 6. The first-order valence-corrected chi connectivity index (χ1v) is 11.6. The molecular weight excluding hydrogens is 412 g/mol. The Balaban J connectivity index is 1.58. The molecule has 0 radical (unpaired) electrons. The number of morpholine rings is 1. The molecule has 170 valence electrons. The molecule has 5 rings (SSSR count). The van der Waals surface area contributed by atoms with Crippen LogP contribution in [0.25, 0.3) is 21.7 Å². The maximum atomic E-state index is 13.9. The minimum atomic E-state index is 0.0710. The highest BCUT2D eigenvalue weighted by Gasteiger charge is 2.23. The summed E-state index contributed by atoms with van der Waals surface area (Å²) >= 11 is 0. The number of aromatic nitrogens is 1. The second-order valence-electron chi connectivity index (χ2n) is 8.79. The van der Waals surface area contributed by atoms with Crippen LogP contribution in [0.1, 0.15) is 27.2 Å². The number of carbonyl (C=O) groups excluding carboxylic acids is 1. The zero-order valence-electron chi connectivity index (χ0n) is 19.6. The molecule has 1 aromatic heterocycles. The molecule has 2 heterocycles. The van der Waals surface area contributed by atoms with Crippen molar-refractivity contribution in [2.75, 3.05) is 40.0 Å². The first kappa shape index (κ1) is 21.7. The van der Waals surface area contributed by atoms with Crippen molar-refractivity contribution < 1.29 is 14.3 Å². The summed E-state index contributed by atoms with van der Waals surface area (Å²) in [5.41, 5.74) is 4.68. The molecule has 0 saturated carbocycles.